The Bertz CT molecular complexity index is 354. The molecule has 88 valence electrons. The van der Waals surface area contributed by atoms with Crippen LogP contribution in [-0.2, 0) is 4.79 Å². The SMILES string of the molecule is O=C(O)C(CC(F)F)Oc1ccc(Br)cc1. The Morgan fingerprint density at radius 3 is 2.38 bits per heavy atom. The molecule has 1 N–H and O–H groups in total. The van der Waals surface area contributed by atoms with Crippen LogP contribution in [0.25, 0.3) is 0 Å². The fourth-order valence-corrected chi connectivity index (χ4v) is 1.30. The molecule has 1 rings (SSSR count). The number of hydrogen-bond acceptors (Lipinski definition) is 2. The molecule has 1 aromatic carbocycles. The highest BCUT2D eigenvalue weighted by Crippen LogP contribution is 2.19. The van der Waals surface area contributed by atoms with E-state index in [0.29, 0.717) is 0 Å². The molecule has 0 saturated carbocycles. The van der Waals surface area contributed by atoms with Gasteiger partial charge in [0.1, 0.15) is 5.75 Å². The zero-order valence-corrected chi connectivity index (χ0v) is 9.65. The van der Waals surface area contributed by atoms with Crippen LogP contribution in [0.2, 0.25) is 0 Å². The van der Waals surface area contributed by atoms with Crippen LogP contribution in [0.3, 0.4) is 0 Å². The van der Waals surface area contributed by atoms with Gasteiger partial charge in [0.15, 0.2) is 0 Å². The van der Waals surface area contributed by atoms with Gasteiger partial charge in [-0.05, 0) is 24.3 Å². The van der Waals surface area contributed by atoms with Gasteiger partial charge in [-0.25, -0.2) is 13.6 Å². The number of rotatable bonds is 5. The highest BCUT2D eigenvalue weighted by atomic mass is 79.9. The van der Waals surface area contributed by atoms with E-state index >= 15 is 0 Å². The molecule has 16 heavy (non-hydrogen) atoms. The molecule has 1 unspecified atom stereocenters. The lowest BCUT2D eigenvalue weighted by atomic mass is 10.2. The van der Waals surface area contributed by atoms with Gasteiger partial charge in [0.2, 0.25) is 12.5 Å². The van der Waals surface area contributed by atoms with Gasteiger partial charge in [-0.15, -0.1) is 0 Å². The summed E-state index contributed by atoms with van der Waals surface area (Å²) in [5, 5.41) is 8.67. The van der Waals surface area contributed by atoms with Crippen molar-refractivity contribution in [3.8, 4) is 5.75 Å². The van der Waals surface area contributed by atoms with Gasteiger partial charge < -0.3 is 9.84 Å². The third-order valence-corrected chi connectivity index (χ3v) is 2.29. The maximum atomic E-state index is 12.1. The van der Waals surface area contributed by atoms with Crippen LogP contribution >= 0.6 is 15.9 Å². The maximum Gasteiger partial charge on any atom is 0.345 e. The lowest BCUT2D eigenvalue weighted by Crippen LogP contribution is -2.29. The summed E-state index contributed by atoms with van der Waals surface area (Å²) in [5.74, 6) is -1.15. The normalized spacial score (nSPS) is 12.5. The summed E-state index contributed by atoms with van der Waals surface area (Å²) in [7, 11) is 0. The van der Waals surface area contributed by atoms with Crippen molar-refractivity contribution in [2.75, 3.05) is 0 Å². The van der Waals surface area contributed by atoms with Crippen molar-refractivity contribution in [3.63, 3.8) is 0 Å². The van der Waals surface area contributed by atoms with Gasteiger partial charge in [0.25, 0.3) is 0 Å². The summed E-state index contributed by atoms with van der Waals surface area (Å²) < 4.78 is 29.9. The van der Waals surface area contributed by atoms with Crippen molar-refractivity contribution < 1.29 is 23.4 Å². The summed E-state index contributed by atoms with van der Waals surface area (Å²) >= 11 is 3.19. The number of ether oxygens (including phenoxy) is 1. The summed E-state index contributed by atoms with van der Waals surface area (Å²) in [6.07, 6.45) is -5.07. The first-order valence-electron chi connectivity index (χ1n) is 4.42. The molecule has 0 saturated heterocycles. The quantitative estimate of drug-likeness (QED) is 0.908. The zero-order chi connectivity index (χ0) is 12.1. The van der Waals surface area contributed by atoms with E-state index in [0.717, 1.165) is 4.47 Å². The molecule has 0 aliphatic rings. The number of carboxylic acids is 1. The maximum absolute atomic E-state index is 12.1. The van der Waals surface area contributed by atoms with E-state index in [1.807, 2.05) is 0 Å². The number of benzene rings is 1. The van der Waals surface area contributed by atoms with Crippen molar-refractivity contribution >= 4 is 21.9 Å². The van der Waals surface area contributed by atoms with Gasteiger partial charge in [-0.1, -0.05) is 15.9 Å². The first kappa shape index (κ1) is 12.9. The second kappa shape index (κ2) is 5.79. The molecule has 1 aromatic rings. The van der Waals surface area contributed by atoms with E-state index in [1.165, 1.54) is 12.1 Å². The Kier molecular flexibility index (Phi) is 4.67. The third-order valence-electron chi connectivity index (χ3n) is 1.76. The highest BCUT2D eigenvalue weighted by molar-refractivity contribution is 9.10. The molecule has 0 bridgehead atoms. The van der Waals surface area contributed by atoms with Crippen molar-refractivity contribution in [1.29, 1.82) is 0 Å². The minimum atomic E-state index is -2.71. The lowest BCUT2D eigenvalue weighted by molar-refractivity contribution is -0.147. The van der Waals surface area contributed by atoms with Gasteiger partial charge in [0, 0.05) is 4.47 Å². The molecular weight excluding hydrogens is 286 g/mol. The second-order valence-corrected chi connectivity index (χ2v) is 3.94. The molecule has 0 spiro atoms. The third kappa shape index (κ3) is 4.14. The molecule has 0 fully saturated rings. The van der Waals surface area contributed by atoms with Crippen LogP contribution in [0.5, 0.6) is 5.75 Å². The Labute approximate surface area is 99.2 Å². The van der Waals surface area contributed by atoms with Gasteiger partial charge in [-0.2, -0.15) is 0 Å². The molecule has 3 nitrogen and oxygen atoms in total. The van der Waals surface area contributed by atoms with Crippen molar-refractivity contribution in [3.05, 3.63) is 28.7 Å². The van der Waals surface area contributed by atoms with Crippen molar-refractivity contribution in [1.82, 2.24) is 0 Å². The minimum Gasteiger partial charge on any atom is -0.479 e. The molecule has 0 aliphatic carbocycles. The fraction of sp³-hybridized carbons (Fsp3) is 0.300. The van der Waals surface area contributed by atoms with Crippen molar-refractivity contribution in [2.45, 2.75) is 19.0 Å². The summed E-state index contributed by atoms with van der Waals surface area (Å²) in [4.78, 5) is 10.6. The summed E-state index contributed by atoms with van der Waals surface area (Å²) in [5.41, 5.74) is 0. The van der Waals surface area contributed by atoms with E-state index in [-0.39, 0.29) is 5.75 Å². The van der Waals surface area contributed by atoms with Crippen LogP contribution in [0, 0.1) is 0 Å². The van der Waals surface area contributed by atoms with Crippen LogP contribution in [0.1, 0.15) is 6.42 Å². The van der Waals surface area contributed by atoms with E-state index in [1.54, 1.807) is 12.1 Å². The number of carbonyl (C=O) groups is 1. The van der Waals surface area contributed by atoms with Gasteiger partial charge in [-0.3, -0.25) is 0 Å². The number of carboxylic acid groups (broad SMARTS) is 1. The molecule has 0 aliphatic heterocycles. The van der Waals surface area contributed by atoms with E-state index in [2.05, 4.69) is 15.9 Å². The monoisotopic (exact) mass is 294 g/mol. The summed E-state index contributed by atoms with van der Waals surface area (Å²) in [6.45, 7) is 0. The van der Waals surface area contributed by atoms with E-state index in [9.17, 15) is 13.6 Å². The Morgan fingerprint density at radius 1 is 1.38 bits per heavy atom. The molecule has 1 atom stereocenters. The first-order valence-corrected chi connectivity index (χ1v) is 5.21. The number of aliphatic carboxylic acids is 1. The zero-order valence-electron chi connectivity index (χ0n) is 8.07. The average Bonchev–Trinajstić information content (AvgIpc) is 2.19. The molecular formula is C10H9BrF2O3. The fourth-order valence-electron chi connectivity index (χ4n) is 1.04. The summed E-state index contributed by atoms with van der Waals surface area (Å²) in [6, 6.07) is 6.28. The highest BCUT2D eigenvalue weighted by Gasteiger charge is 2.24. The van der Waals surface area contributed by atoms with E-state index in [4.69, 9.17) is 9.84 Å². The standard InChI is InChI=1S/C10H9BrF2O3/c11-6-1-3-7(4-2-6)16-8(10(14)15)5-9(12)13/h1-4,8-9H,5H2,(H,14,15). The van der Waals surface area contributed by atoms with Crippen LogP contribution in [0.4, 0.5) is 8.78 Å². The molecule has 6 heteroatoms. The predicted octanol–water partition coefficient (Wildman–Crippen LogP) is 2.94. The average molecular weight is 295 g/mol. The first-order chi connectivity index (χ1) is 7.49. The minimum absolute atomic E-state index is 0.247. The molecule has 0 aromatic heterocycles. The lowest BCUT2D eigenvalue weighted by Gasteiger charge is -2.14. The Hall–Kier alpha value is -1.17. The topological polar surface area (TPSA) is 46.5 Å². The van der Waals surface area contributed by atoms with E-state index < -0.39 is 24.9 Å². The predicted molar refractivity (Wildman–Crippen MR) is 56.8 cm³/mol. The molecule has 0 amide bonds. The largest absolute Gasteiger partial charge is 0.479 e. The van der Waals surface area contributed by atoms with Crippen molar-refractivity contribution in [2.24, 2.45) is 0 Å². The number of alkyl halides is 2. The van der Waals surface area contributed by atoms with Crippen LogP contribution in [0.15, 0.2) is 28.7 Å². The second-order valence-electron chi connectivity index (χ2n) is 3.03. The van der Waals surface area contributed by atoms with Gasteiger partial charge in [0.05, 0.1) is 6.42 Å². The van der Waals surface area contributed by atoms with Crippen LogP contribution < -0.4 is 4.74 Å². The molecule has 0 heterocycles. The number of halogens is 3. The Balaban J connectivity index is 2.68. The van der Waals surface area contributed by atoms with Gasteiger partial charge >= 0.3 is 5.97 Å². The number of hydrogen-bond donors (Lipinski definition) is 1. The smallest absolute Gasteiger partial charge is 0.345 e. The van der Waals surface area contributed by atoms with Crippen LogP contribution in [-0.4, -0.2) is 23.6 Å². The molecule has 0 radical (unpaired) electrons. The Morgan fingerprint density at radius 2 is 1.94 bits per heavy atom.